The standard InChI is InChI=1S/C29H25F5N4O3S/c30-23-24(31)26(33)28(27(34)25(23)32)42(40,41)38-13-12-22(38)29(39)37(21-10-6-17(14-35)7-11-21)16-20-9-8-19(15-36-20)18-4-2-1-3-5-18/h6-11,15,18,22H,1-5,12-13,16H2/t22-/m1/s1. The quantitative estimate of drug-likeness (QED) is 0.196. The first kappa shape index (κ1) is 29.6. The highest BCUT2D eigenvalue weighted by Gasteiger charge is 2.48. The van der Waals surface area contributed by atoms with Gasteiger partial charge in [0.25, 0.3) is 0 Å². The van der Waals surface area contributed by atoms with Gasteiger partial charge in [-0.05, 0) is 61.1 Å². The largest absolute Gasteiger partial charge is 0.305 e. The summed E-state index contributed by atoms with van der Waals surface area (Å²) in [4.78, 5) is 17.5. The molecule has 2 aromatic carbocycles. The maximum atomic E-state index is 14.4. The van der Waals surface area contributed by atoms with Gasteiger partial charge in [0.15, 0.2) is 28.2 Å². The lowest BCUT2D eigenvalue weighted by atomic mass is 9.85. The Bertz CT molecular complexity index is 1630. The number of halogens is 5. The van der Waals surface area contributed by atoms with E-state index in [4.69, 9.17) is 5.26 Å². The molecule has 42 heavy (non-hydrogen) atoms. The van der Waals surface area contributed by atoms with Gasteiger partial charge < -0.3 is 4.90 Å². The van der Waals surface area contributed by atoms with Crippen molar-refractivity contribution >= 4 is 21.6 Å². The summed E-state index contributed by atoms with van der Waals surface area (Å²) in [6.45, 7) is -0.490. The number of carbonyl (C=O) groups is 1. The van der Waals surface area contributed by atoms with Crippen LogP contribution in [-0.2, 0) is 21.4 Å². The van der Waals surface area contributed by atoms with Gasteiger partial charge in [-0.25, -0.2) is 30.4 Å². The third-order valence-corrected chi connectivity index (χ3v) is 9.74. The van der Waals surface area contributed by atoms with Crippen molar-refractivity contribution in [2.24, 2.45) is 0 Å². The Morgan fingerprint density at radius 1 is 0.905 bits per heavy atom. The van der Waals surface area contributed by atoms with E-state index < -0.39 is 56.0 Å². The summed E-state index contributed by atoms with van der Waals surface area (Å²) in [6.07, 6.45) is 7.28. The van der Waals surface area contributed by atoms with E-state index in [1.165, 1.54) is 35.6 Å². The molecule has 1 aromatic heterocycles. The van der Waals surface area contributed by atoms with Crippen LogP contribution in [0, 0.1) is 40.4 Å². The second-order valence-corrected chi connectivity index (χ2v) is 12.1. The monoisotopic (exact) mass is 604 g/mol. The number of rotatable bonds is 7. The fraction of sp³-hybridized carbons (Fsp3) is 0.345. The van der Waals surface area contributed by atoms with E-state index in [-0.39, 0.29) is 25.2 Å². The first-order chi connectivity index (χ1) is 20.0. The minimum absolute atomic E-state index is 0.0612. The number of anilines is 1. The molecule has 2 fully saturated rings. The first-order valence-electron chi connectivity index (χ1n) is 13.3. The van der Waals surface area contributed by atoms with Gasteiger partial charge in [0, 0.05) is 18.4 Å². The molecule has 13 heteroatoms. The van der Waals surface area contributed by atoms with Crippen LogP contribution in [0.25, 0.3) is 0 Å². The second kappa shape index (κ2) is 11.8. The number of sulfonamides is 1. The molecule has 1 amide bonds. The first-order valence-corrected chi connectivity index (χ1v) is 14.8. The predicted octanol–water partition coefficient (Wildman–Crippen LogP) is 5.69. The number of nitriles is 1. The van der Waals surface area contributed by atoms with Crippen LogP contribution in [0.15, 0.2) is 47.5 Å². The fourth-order valence-corrected chi connectivity index (χ4v) is 7.13. The predicted molar refractivity (Wildman–Crippen MR) is 141 cm³/mol. The van der Waals surface area contributed by atoms with Gasteiger partial charge in [0.1, 0.15) is 6.04 Å². The maximum Gasteiger partial charge on any atom is 0.249 e. The van der Waals surface area contributed by atoms with Crippen molar-refractivity contribution in [3.63, 3.8) is 0 Å². The van der Waals surface area contributed by atoms with Gasteiger partial charge in [-0.2, -0.15) is 9.57 Å². The highest BCUT2D eigenvalue weighted by molar-refractivity contribution is 7.89. The van der Waals surface area contributed by atoms with Crippen LogP contribution in [0.3, 0.4) is 0 Å². The molecule has 2 aliphatic rings. The van der Waals surface area contributed by atoms with Crippen LogP contribution in [0.5, 0.6) is 0 Å². The topological polar surface area (TPSA) is 94.4 Å². The van der Waals surface area contributed by atoms with Crippen LogP contribution in [0.2, 0.25) is 0 Å². The number of nitrogens with zero attached hydrogens (tertiary/aromatic N) is 4. The average Bonchev–Trinajstić information content (AvgIpc) is 2.97. The summed E-state index contributed by atoms with van der Waals surface area (Å²) in [5.41, 5.74) is 2.15. The van der Waals surface area contributed by atoms with Crippen molar-refractivity contribution in [3.05, 3.63) is 88.5 Å². The van der Waals surface area contributed by atoms with Crippen LogP contribution in [-0.4, -0.2) is 36.2 Å². The van der Waals surface area contributed by atoms with Crippen LogP contribution in [0.1, 0.15) is 61.3 Å². The highest BCUT2D eigenvalue weighted by atomic mass is 32.2. The molecular weight excluding hydrogens is 579 g/mol. The summed E-state index contributed by atoms with van der Waals surface area (Å²) >= 11 is 0. The molecule has 0 bridgehead atoms. The molecule has 0 unspecified atom stereocenters. The summed E-state index contributed by atoms with van der Waals surface area (Å²) < 4.78 is 96.8. The highest BCUT2D eigenvalue weighted by Crippen LogP contribution is 2.35. The Morgan fingerprint density at radius 2 is 1.52 bits per heavy atom. The maximum absolute atomic E-state index is 14.4. The van der Waals surface area contributed by atoms with E-state index in [1.807, 2.05) is 12.1 Å². The molecule has 0 radical (unpaired) electrons. The number of carbonyl (C=O) groups excluding carboxylic acids is 1. The molecule has 2 heterocycles. The van der Waals surface area contributed by atoms with Crippen LogP contribution in [0.4, 0.5) is 27.6 Å². The third kappa shape index (κ3) is 5.36. The van der Waals surface area contributed by atoms with Gasteiger partial charge in [0.05, 0.1) is 23.9 Å². The molecular formula is C29H25F5N4O3S. The Hall–Kier alpha value is -3.89. The molecule has 0 spiro atoms. The molecule has 1 aliphatic carbocycles. The number of hydrogen-bond acceptors (Lipinski definition) is 5. The van der Waals surface area contributed by atoms with Crippen molar-refractivity contribution in [1.29, 1.82) is 5.26 Å². The number of amides is 1. The molecule has 7 nitrogen and oxygen atoms in total. The summed E-state index contributed by atoms with van der Waals surface area (Å²) in [5.74, 6) is -12.7. The minimum Gasteiger partial charge on any atom is -0.305 e. The Kier molecular flexibility index (Phi) is 8.30. The number of benzene rings is 2. The second-order valence-electron chi connectivity index (χ2n) is 10.3. The minimum atomic E-state index is -5.31. The summed E-state index contributed by atoms with van der Waals surface area (Å²) in [6, 6.07) is 10.0. The lowest BCUT2D eigenvalue weighted by Crippen LogP contribution is -2.59. The normalized spacial score (nSPS) is 17.9. The number of hydrogen-bond donors (Lipinski definition) is 0. The van der Waals surface area contributed by atoms with Gasteiger partial charge >= 0.3 is 0 Å². The van der Waals surface area contributed by atoms with E-state index in [2.05, 4.69) is 4.98 Å². The zero-order valence-electron chi connectivity index (χ0n) is 22.2. The van der Waals surface area contributed by atoms with Crippen molar-refractivity contribution in [3.8, 4) is 6.07 Å². The van der Waals surface area contributed by atoms with Crippen molar-refractivity contribution < 1.29 is 35.2 Å². The lowest BCUT2D eigenvalue weighted by molar-refractivity contribution is -0.125. The molecule has 1 saturated heterocycles. The molecule has 5 rings (SSSR count). The lowest BCUT2D eigenvalue weighted by Gasteiger charge is -2.41. The van der Waals surface area contributed by atoms with Crippen LogP contribution >= 0.6 is 0 Å². The van der Waals surface area contributed by atoms with Crippen molar-refractivity contribution in [1.82, 2.24) is 9.29 Å². The zero-order chi connectivity index (χ0) is 30.2. The van der Waals surface area contributed by atoms with Gasteiger partial charge in [-0.15, -0.1) is 0 Å². The Morgan fingerprint density at radius 3 is 2.05 bits per heavy atom. The summed E-state index contributed by atoms with van der Waals surface area (Å²) in [7, 11) is -5.31. The SMILES string of the molecule is N#Cc1ccc(N(Cc2ccc(C3CCCCC3)cn2)C(=O)[C@H]2CCN2S(=O)(=O)c2c(F)c(F)c(F)c(F)c2F)cc1. The van der Waals surface area contributed by atoms with Crippen molar-refractivity contribution in [2.45, 2.75) is 61.9 Å². The average molecular weight is 605 g/mol. The van der Waals surface area contributed by atoms with E-state index in [0.717, 1.165) is 31.2 Å². The molecule has 1 saturated carbocycles. The van der Waals surface area contributed by atoms with Crippen molar-refractivity contribution in [2.75, 3.05) is 11.4 Å². The Balaban J connectivity index is 1.45. The van der Waals surface area contributed by atoms with E-state index >= 15 is 0 Å². The molecule has 220 valence electrons. The number of pyridine rings is 1. The van der Waals surface area contributed by atoms with Gasteiger partial charge in [-0.3, -0.25) is 9.78 Å². The Labute approximate surface area is 239 Å². The molecule has 1 aliphatic heterocycles. The summed E-state index contributed by atoms with van der Waals surface area (Å²) in [5, 5.41) is 9.16. The zero-order valence-corrected chi connectivity index (χ0v) is 23.0. The van der Waals surface area contributed by atoms with E-state index in [1.54, 1.807) is 12.3 Å². The number of aromatic nitrogens is 1. The van der Waals surface area contributed by atoms with Crippen LogP contribution < -0.4 is 4.90 Å². The fourth-order valence-electron chi connectivity index (χ4n) is 5.39. The van der Waals surface area contributed by atoms with Gasteiger partial charge in [-0.1, -0.05) is 25.3 Å². The van der Waals surface area contributed by atoms with E-state index in [9.17, 15) is 35.2 Å². The third-order valence-electron chi connectivity index (χ3n) is 7.81. The molecule has 3 aromatic rings. The van der Waals surface area contributed by atoms with Gasteiger partial charge in [0.2, 0.25) is 21.7 Å². The molecule has 0 N–H and O–H groups in total. The molecule has 1 atom stereocenters. The van der Waals surface area contributed by atoms with E-state index in [0.29, 0.717) is 21.5 Å². The smallest absolute Gasteiger partial charge is 0.249 e.